The Morgan fingerprint density at radius 2 is 2.06 bits per heavy atom. The van der Waals surface area contributed by atoms with Crippen LogP contribution in [0, 0.1) is 6.92 Å². The Balaban J connectivity index is 2.08. The summed E-state index contributed by atoms with van der Waals surface area (Å²) in [5, 5.41) is 0. The molecule has 0 radical (unpaired) electrons. The first-order valence-corrected chi connectivity index (χ1v) is 6.76. The van der Waals surface area contributed by atoms with E-state index in [2.05, 4.69) is 37.0 Å². The molecule has 0 aliphatic carbocycles. The third-order valence-electron chi connectivity index (χ3n) is 2.80. The maximum Gasteiger partial charge on any atom is 0.0577 e. The van der Waals surface area contributed by atoms with Crippen molar-refractivity contribution in [1.82, 2.24) is 4.98 Å². The summed E-state index contributed by atoms with van der Waals surface area (Å²) >= 11 is 1.85. The summed E-state index contributed by atoms with van der Waals surface area (Å²) in [4.78, 5) is 7.11. The lowest BCUT2D eigenvalue weighted by Gasteiger charge is -2.10. The number of aryl methyl sites for hydroxylation is 2. The molecule has 0 aromatic carbocycles. The number of thiophene rings is 1. The van der Waals surface area contributed by atoms with Crippen molar-refractivity contribution in [2.24, 2.45) is 5.73 Å². The van der Waals surface area contributed by atoms with Gasteiger partial charge in [-0.05, 0) is 43.2 Å². The third-order valence-corrected chi connectivity index (χ3v) is 4.06. The molecule has 90 valence electrons. The van der Waals surface area contributed by atoms with E-state index in [1.807, 2.05) is 23.6 Å². The third kappa shape index (κ3) is 3.14. The van der Waals surface area contributed by atoms with Crippen LogP contribution in [0.2, 0.25) is 0 Å². The smallest absolute Gasteiger partial charge is 0.0577 e. The van der Waals surface area contributed by atoms with Crippen LogP contribution in [0.15, 0.2) is 30.5 Å². The molecule has 0 saturated carbocycles. The largest absolute Gasteiger partial charge is 0.322 e. The predicted molar refractivity (Wildman–Crippen MR) is 73.3 cm³/mol. The average Bonchev–Trinajstić information content (AvgIpc) is 2.77. The van der Waals surface area contributed by atoms with E-state index in [4.69, 9.17) is 5.73 Å². The van der Waals surface area contributed by atoms with E-state index >= 15 is 0 Å². The summed E-state index contributed by atoms with van der Waals surface area (Å²) in [6.07, 6.45) is 3.81. The summed E-state index contributed by atoms with van der Waals surface area (Å²) in [7, 11) is 0. The van der Waals surface area contributed by atoms with Crippen LogP contribution in [-0.4, -0.2) is 4.98 Å². The Hall–Kier alpha value is -1.19. The minimum absolute atomic E-state index is 0.00161. The highest BCUT2D eigenvalue weighted by Gasteiger charge is 2.10. The number of hydrogen-bond donors (Lipinski definition) is 1. The molecule has 0 spiro atoms. The number of nitrogens with two attached hydrogens (primary N) is 1. The average molecular weight is 246 g/mol. The molecule has 2 aromatic heterocycles. The monoisotopic (exact) mass is 246 g/mol. The molecule has 2 rings (SSSR count). The molecular formula is C14H18N2S. The Bertz CT molecular complexity index is 490. The van der Waals surface area contributed by atoms with Crippen LogP contribution in [0.4, 0.5) is 0 Å². The van der Waals surface area contributed by atoms with Gasteiger partial charge in [-0.25, -0.2) is 0 Å². The highest BCUT2D eigenvalue weighted by molar-refractivity contribution is 7.11. The Labute approximate surface area is 107 Å². The second kappa shape index (κ2) is 5.43. The van der Waals surface area contributed by atoms with Crippen LogP contribution >= 0.6 is 11.3 Å². The van der Waals surface area contributed by atoms with E-state index in [0.29, 0.717) is 0 Å². The van der Waals surface area contributed by atoms with Crippen LogP contribution in [0.3, 0.4) is 0 Å². The molecule has 1 atom stereocenters. The molecule has 2 aromatic rings. The first-order chi connectivity index (χ1) is 8.19. The van der Waals surface area contributed by atoms with Gasteiger partial charge in [0.15, 0.2) is 0 Å². The van der Waals surface area contributed by atoms with E-state index in [9.17, 15) is 0 Å². The quantitative estimate of drug-likeness (QED) is 0.899. The zero-order valence-corrected chi connectivity index (χ0v) is 11.1. The maximum absolute atomic E-state index is 6.19. The zero-order valence-electron chi connectivity index (χ0n) is 10.3. The SMILES string of the molecule is CCc1ccc(CC(N)c2cc(C)ccn2)s1. The molecule has 0 amide bonds. The lowest BCUT2D eigenvalue weighted by molar-refractivity contribution is 0.702. The van der Waals surface area contributed by atoms with Crippen molar-refractivity contribution in [3.63, 3.8) is 0 Å². The maximum atomic E-state index is 6.19. The Kier molecular flexibility index (Phi) is 3.92. The highest BCUT2D eigenvalue weighted by Crippen LogP contribution is 2.22. The highest BCUT2D eigenvalue weighted by atomic mass is 32.1. The van der Waals surface area contributed by atoms with Crippen LogP contribution in [0.5, 0.6) is 0 Å². The molecule has 2 nitrogen and oxygen atoms in total. The molecule has 0 bridgehead atoms. The fourth-order valence-electron chi connectivity index (χ4n) is 1.81. The van der Waals surface area contributed by atoms with Crippen molar-refractivity contribution >= 4 is 11.3 Å². The van der Waals surface area contributed by atoms with Gasteiger partial charge in [-0.15, -0.1) is 11.3 Å². The van der Waals surface area contributed by atoms with Crippen molar-refractivity contribution in [3.8, 4) is 0 Å². The van der Waals surface area contributed by atoms with E-state index in [1.165, 1.54) is 15.3 Å². The molecule has 0 saturated heterocycles. The summed E-state index contributed by atoms with van der Waals surface area (Å²) < 4.78 is 0. The molecule has 0 aliphatic rings. The van der Waals surface area contributed by atoms with Gasteiger partial charge in [0.2, 0.25) is 0 Å². The zero-order chi connectivity index (χ0) is 12.3. The van der Waals surface area contributed by atoms with Gasteiger partial charge in [-0.2, -0.15) is 0 Å². The van der Waals surface area contributed by atoms with Crippen LogP contribution in [0.25, 0.3) is 0 Å². The first-order valence-electron chi connectivity index (χ1n) is 5.94. The number of nitrogens with zero attached hydrogens (tertiary/aromatic N) is 1. The first kappa shape index (κ1) is 12.3. The summed E-state index contributed by atoms with van der Waals surface area (Å²) in [6.45, 7) is 4.25. The number of rotatable bonds is 4. The van der Waals surface area contributed by atoms with Crippen LogP contribution in [-0.2, 0) is 12.8 Å². The predicted octanol–water partition coefficient (Wildman–Crippen LogP) is 3.26. The lowest BCUT2D eigenvalue weighted by atomic mass is 10.1. The lowest BCUT2D eigenvalue weighted by Crippen LogP contribution is -2.14. The standard InChI is InChI=1S/C14H18N2S/c1-3-11-4-5-12(17-11)9-13(15)14-8-10(2)6-7-16-14/h4-8,13H,3,9,15H2,1-2H3. The van der Waals surface area contributed by atoms with Gasteiger partial charge in [0, 0.05) is 22.4 Å². The van der Waals surface area contributed by atoms with Gasteiger partial charge in [0.1, 0.15) is 0 Å². The van der Waals surface area contributed by atoms with Crippen molar-refractivity contribution in [1.29, 1.82) is 0 Å². The summed E-state index contributed by atoms with van der Waals surface area (Å²) in [5.74, 6) is 0. The minimum Gasteiger partial charge on any atom is -0.322 e. The van der Waals surface area contributed by atoms with Gasteiger partial charge in [-0.1, -0.05) is 6.92 Å². The van der Waals surface area contributed by atoms with Gasteiger partial charge in [-0.3, -0.25) is 4.98 Å². The van der Waals surface area contributed by atoms with Gasteiger partial charge in [0.05, 0.1) is 11.7 Å². The molecule has 0 fully saturated rings. The van der Waals surface area contributed by atoms with Crippen LogP contribution in [0.1, 0.15) is 34.0 Å². The normalized spacial score (nSPS) is 12.6. The molecule has 17 heavy (non-hydrogen) atoms. The van der Waals surface area contributed by atoms with Gasteiger partial charge < -0.3 is 5.73 Å². The number of pyridine rings is 1. The Morgan fingerprint density at radius 3 is 2.71 bits per heavy atom. The fourth-order valence-corrected chi connectivity index (χ4v) is 2.82. The van der Waals surface area contributed by atoms with Crippen molar-refractivity contribution in [2.75, 3.05) is 0 Å². The Morgan fingerprint density at radius 1 is 1.29 bits per heavy atom. The number of hydrogen-bond acceptors (Lipinski definition) is 3. The van der Waals surface area contributed by atoms with Gasteiger partial charge >= 0.3 is 0 Å². The van der Waals surface area contributed by atoms with E-state index < -0.39 is 0 Å². The molecular weight excluding hydrogens is 228 g/mol. The second-order valence-corrected chi connectivity index (χ2v) is 5.54. The molecule has 3 heteroatoms. The van der Waals surface area contributed by atoms with Crippen molar-refractivity contribution in [2.45, 2.75) is 32.7 Å². The fraction of sp³-hybridized carbons (Fsp3) is 0.357. The van der Waals surface area contributed by atoms with Crippen LogP contribution < -0.4 is 5.73 Å². The second-order valence-electron chi connectivity index (χ2n) is 4.29. The van der Waals surface area contributed by atoms with Crippen molar-refractivity contribution < 1.29 is 0 Å². The van der Waals surface area contributed by atoms with E-state index in [1.54, 1.807) is 0 Å². The van der Waals surface area contributed by atoms with E-state index in [0.717, 1.165) is 18.5 Å². The molecule has 1 unspecified atom stereocenters. The minimum atomic E-state index is -0.00161. The number of aromatic nitrogens is 1. The molecule has 2 heterocycles. The molecule has 0 aliphatic heterocycles. The topological polar surface area (TPSA) is 38.9 Å². The van der Waals surface area contributed by atoms with Gasteiger partial charge in [0.25, 0.3) is 0 Å². The summed E-state index contributed by atoms with van der Waals surface area (Å²) in [5.41, 5.74) is 8.39. The summed E-state index contributed by atoms with van der Waals surface area (Å²) in [6, 6.07) is 8.43. The van der Waals surface area contributed by atoms with E-state index in [-0.39, 0.29) is 6.04 Å². The molecule has 2 N–H and O–H groups in total. The van der Waals surface area contributed by atoms with Crippen molar-refractivity contribution in [3.05, 3.63) is 51.5 Å².